The van der Waals surface area contributed by atoms with Crippen LogP contribution in [0.25, 0.3) is 0 Å². The maximum Gasteiger partial charge on any atom is 0.0587 e. The number of nitrogens with one attached hydrogen (secondary N) is 1. The molecule has 0 spiro atoms. The molecule has 96 valence electrons. The van der Waals surface area contributed by atoms with Crippen molar-refractivity contribution in [3.63, 3.8) is 0 Å². The Bertz CT molecular complexity index is 323. The fourth-order valence-electron chi connectivity index (χ4n) is 1.93. The van der Waals surface area contributed by atoms with Gasteiger partial charge in [-0.3, -0.25) is 0 Å². The summed E-state index contributed by atoms with van der Waals surface area (Å²) >= 11 is 0. The molecule has 0 aliphatic rings. The van der Waals surface area contributed by atoms with E-state index in [0.717, 1.165) is 19.7 Å². The van der Waals surface area contributed by atoms with Crippen molar-refractivity contribution in [3.05, 3.63) is 34.9 Å². The zero-order chi connectivity index (χ0) is 12.5. The molecule has 2 nitrogen and oxygen atoms in total. The number of unbranched alkanes of at least 4 members (excludes halogenated alkanes) is 1. The van der Waals surface area contributed by atoms with Gasteiger partial charge in [0.2, 0.25) is 0 Å². The Kier molecular flexibility index (Phi) is 6.90. The molecular weight excluding hydrogens is 210 g/mol. The molecule has 0 radical (unpaired) electrons. The number of hydrogen-bond donors (Lipinski definition) is 1. The Balaban J connectivity index is 2.15. The van der Waals surface area contributed by atoms with Crippen LogP contribution < -0.4 is 5.32 Å². The fourth-order valence-corrected chi connectivity index (χ4v) is 1.93. The first-order valence-corrected chi connectivity index (χ1v) is 6.50. The summed E-state index contributed by atoms with van der Waals surface area (Å²) in [5, 5.41) is 3.37. The van der Waals surface area contributed by atoms with Crippen molar-refractivity contribution in [2.24, 2.45) is 0 Å². The first-order chi connectivity index (χ1) is 8.24. The summed E-state index contributed by atoms with van der Waals surface area (Å²) < 4.78 is 4.98. The highest BCUT2D eigenvalue weighted by atomic mass is 16.5. The number of methoxy groups -OCH3 is 1. The lowest BCUT2D eigenvalue weighted by molar-refractivity contribution is 0.199. The van der Waals surface area contributed by atoms with Crippen molar-refractivity contribution in [2.75, 3.05) is 26.8 Å². The molecule has 0 saturated heterocycles. The molecule has 0 aliphatic heterocycles. The lowest BCUT2D eigenvalue weighted by Gasteiger charge is -2.07. The number of ether oxygens (including phenoxy) is 1. The van der Waals surface area contributed by atoms with E-state index in [-0.39, 0.29) is 0 Å². The lowest BCUT2D eigenvalue weighted by Crippen LogP contribution is -2.20. The van der Waals surface area contributed by atoms with Gasteiger partial charge in [-0.05, 0) is 50.8 Å². The summed E-state index contributed by atoms with van der Waals surface area (Å²) in [6, 6.07) is 6.72. The Morgan fingerprint density at radius 3 is 2.71 bits per heavy atom. The Morgan fingerprint density at radius 1 is 1.12 bits per heavy atom. The monoisotopic (exact) mass is 235 g/mol. The SMILES string of the molecule is COCCNCCCCc1cc(C)ccc1C. The predicted molar refractivity (Wildman–Crippen MR) is 73.6 cm³/mol. The van der Waals surface area contributed by atoms with E-state index in [2.05, 4.69) is 37.4 Å². The molecular formula is C15H25NO. The maximum atomic E-state index is 4.98. The van der Waals surface area contributed by atoms with Crippen LogP contribution in [0.3, 0.4) is 0 Å². The van der Waals surface area contributed by atoms with Crippen molar-refractivity contribution < 1.29 is 4.74 Å². The molecule has 1 N–H and O–H groups in total. The normalized spacial score (nSPS) is 10.8. The van der Waals surface area contributed by atoms with Crippen molar-refractivity contribution >= 4 is 0 Å². The first-order valence-electron chi connectivity index (χ1n) is 6.50. The molecule has 0 bridgehead atoms. The second-order valence-electron chi connectivity index (χ2n) is 4.63. The second-order valence-corrected chi connectivity index (χ2v) is 4.63. The molecule has 17 heavy (non-hydrogen) atoms. The first kappa shape index (κ1) is 14.2. The van der Waals surface area contributed by atoms with Gasteiger partial charge in [-0.25, -0.2) is 0 Å². The minimum atomic E-state index is 0.803. The Labute approximate surface area is 105 Å². The van der Waals surface area contributed by atoms with E-state index in [1.54, 1.807) is 7.11 Å². The average molecular weight is 235 g/mol. The standard InChI is InChI=1S/C15H25NO/c1-13-7-8-14(2)15(12-13)6-4-5-9-16-10-11-17-3/h7-8,12,16H,4-6,9-11H2,1-3H3. The molecule has 0 fully saturated rings. The van der Waals surface area contributed by atoms with Crippen molar-refractivity contribution in [3.8, 4) is 0 Å². The quantitative estimate of drug-likeness (QED) is 0.700. The third-order valence-corrected chi connectivity index (χ3v) is 3.04. The lowest BCUT2D eigenvalue weighted by atomic mass is 10.0. The van der Waals surface area contributed by atoms with E-state index in [0.29, 0.717) is 0 Å². The van der Waals surface area contributed by atoms with Gasteiger partial charge in [0.05, 0.1) is 6.61 Å². The van der Waals surface area contributed by atoms with Crippen LogP contribution in [0.4, 0.5) is 0 Å². The van der Waals surface area contributed by atoms with E-state index in [9.17, 15) is 0 Å². The predicted octanol–water partition coefficient (Wildman–Crippen LogP) is 2.86. The smallest absolute Gasteiger partial charge is 0.0587 e. The number of hydrogen-bond acceptors (Lipinski definition) is 2. The minimum absolute atomic E-state index is 0.803. The van der Waals surface area contributed by atoms with E-state index in [1.165, 1.54) is 36.0 Å². The topological polar surface area (TPSA) is 21.3 Å². The molecule has 1 rings (SSSR count). The van der Waals surface area contributed by atoms with Gasteiger partial charge in [0, 0.05) is 13.7 Å². The highest BCUT2D eigenvalue weighted by molar-refractivity contribution is 5.30. The van der Waals surface area contributed by atoms with Gasteiger partial charge in [-0.2, -0.15) is 0 Å². The van der Waals surface area contributed by atoms with Crippen molar-refractivity contribution in [1.82, 2.24) is 5.32 Å². The van der Waals surface area contributed by atoms with Crippen LogP contribution in [0.15, 0.2) is 18.2 Å². The Morgan fingerprint density at radius 2 is 1.94 bits per heavy atom. The molecule has 0 unspecified atom stereocenters. The van der Waals surface area contributed by atoms with E-state index < -0.39 is 0 Å². The number of rotatable bonds is 8. The van der Waals surface area contributed by atoms with E-state index in [4.69, 9.17) is 4.74 Å². The van der Waals surface area contributed by atoms with Crippen LogP contribution in [-0.2, 0) is 11.2 Å². The van der Waals surface area contributed by atoms with Crippen LogP contribution in [0.2, 0.25) is 0 Å². The number of aryl methyl sites for hydroxylation is 3. The van der Waals surface area contributed by atoms with Crippen LogP contribution in [0.5, 0.6) is 0 Å². The fraction of sp³-hybridized carbons (Fsp3) is 0.600. The van der Waals surface area contributed by atoms with Gasteiger partial charge in [0.15, 0.2) is 0 Å². The molecule has 2 heteroatoms. The summed E-state index contributed by atoms with van der Waals surface area (Å²) in [5.41, 5.74) is 4.29. The van der Waals surface area contributed by atoms with Gasteiger partial charge in [-0.15, -0.1) is 0 Å². The number of benzene rings is 1. The molecule has 0 amide bonds. The third kappa shape index (κ3) is 5.85. The highest BCUT2D eigenvalue weighted by Crippen LogP contribution is 2.13. The largest absolute Gasteiger partial charge is 0.383 e. The summed E-state index contributed by atoms with van der Waals surface area (Å²) in [5.74, 6) is 0. The van der Waals surface area contributed by atoms with Gasteiger partial charge in [0.25, 0.3) is 0 Å². The Hall–Kier alpha value is -0.860. The third-order valence-electron chi connectivity index (χ3n) is 3.04. The molecule has 0 heterocycles. The van der Waals surface area contributed by atoms with Crippen LogP contribution in [0, 0.1) is 13.8 Å². The molecule has 0 aromatic heterocycles. The highest BCUT2D eigenvalue weighted by Gasteiger charge is 1.98. The summed E-state index contributed by atoms with van der Waals surface area (Å²) in [6.45, 7) is 7.21. The molecule has 0 aliphatic carbocycles. The maximum absolute atomic E-state index is 4.98. The summed E-state index contributed by atoms with van der Waals surface area (Å²) in [7, 11) is 1.74. The van der Waals surface area contributed by atoms with Crippen LogP contribution in [-0.4, -0.2) is 26.8 Å². The van der Waals surface area contributed by atoms with Crippen LogP contribution >= 0.6 is 0 Å². The average Bonchev–Trinajstić information content (AvgIpc) is 2.32. The summed E-state index contributed by atoms with van der Waals surface area (Å²) in [6.07, 6.45) is 3.68. The molecule has 1 aromatic carbocycles. The molecule has 0 atom stereocenters. The zero-order valence-corrected chi connectivity index (χ0v) is 11.4. The molecule has 1 aromatic rings. The van der Waals surface area contributed by atoms with E-state index in [1.807, 2.05) is 0 Å². The van der Waals surface area contributed by atoms with Crippen LogP contribution in [0.1, 0.15) is 29.5 Å². The van der Waals surface area contributed by atoms with Gasteiger partial charge < -0.3 is 10.1 Å². The van der Waals surface area contributed by atoms with Gasteiger partial charge in [0.1, 0.15) is 0 Å². The van der Waals surface area contributed by atoms with E-state index >= 15 is 0 Å². The second kappa shape index (κ2) is 8.26. The van der Waals surface area contributed by atoms with Gasteiger partial charge >= 0.3 is 0 Å². The zero-order valence-electron chi connectivity index (χ0n) is 11.4. The van der Waals surface area contributed by atoms with Crippen molar-refractivity contribution in [2.45, 2.75) is 33.1 Å². The summed E-state index contributed by atoms with van der Waals surface area (Å²) in [4.78, 5) is 0. The molecule has 0 saturated carbocycles. The van der Waals surface area contributed by atoms with Gasteiger partial charge in [-0.1, -0.05) is 23.8 Å². The minimum Gasteiger partial charge on any atom is -0.383 e. The van der Waals surface area contributed by atoms with Crippen molar-refractivity contribution in [1.29, 1.82) is 0 Å².